The van der Waals surface area contributed by atoms with E-state index in [9.17, 15) is 5.11 Å². The second-order valence-electron chi connectivity index (χ2n) is 1.90. The third-order valence-corrected chi connectivity index (χ3v) is 2.25. The monoisotopic (exact) mass is 491 g/mol. The fourth-order valence-electron chi connectivity index (χ4n) is 0.585. The molecule has 0 unspecified atom stereocenters. The van der Waals surface area contributed by atoms with Crippen molar-refractivity contribution in [1.29, 1.82) is 0 Å². The molecule has 8 heteroatoms. The molecule has 0 aliphatic rings. The van der Waals surface area contributed by atoms with Gasteiger partial charge in [0.2, 0.25) is 0 Å². The summed E-state index contributed by atoms with van der Waals surface area (Å²) in [6.07, 6.45) is 0. The quantitative estimate of drug-likeness (QED) is 0.327. The summed E-state index contributed by atoms with van der Waals surface area (Å²) in [5.74, 6) is 0.175. The van der Waals surface area contributed by atoms with Crippen molar-refractivity contribution in [1.82, 2.24) is 0 Å². The van der Waals surface area contributed by atoms with Gasteiger partial charge in [-0.05, 0) is 44.0 Å². The normalized spacial score (nSPS) is 8.29. The molecule has 2 nitrogen and oxygen atoms in total. The zero-order valence-corrected chi connectivity index (χ0v) is 15.0. The first kappa shape index (κ1) is 17.8. The summed E-state index contributed by atoms with van der Waals surface area (Å²) in [4.78, 5) is 0. The molecule has 2 radical (unpaired) electrons. The SMILES string of the molecule is Cl.Nc1cc(Br)c(O)c(Br)c1.[Cl][Sn][Cl]. The number of anilines is 1. The molecule has 14 heavy (non-hydrogen) atoms. The van der Waals surface area contributed by atoms with E-state index >= 15 is 0 Å². The Morgan fingerprint density at radius 2 is 1.50 bits per heavy atom. The van der Waals surface area contributed by atoms with Gasteiger partial charge < -0.3 is 10.8 Å². The van der Waals surface area contributed by atoms with Crippen LogP contribution in [0.1, 0.15) is 0 Å². The predicted octanol–water partition coefficient (Wildman–Crippen LogP) is 3.92. The molecule has 0 aliphatic heterocycles. The van der Waals surface area contributed by atoms with Crippen LogP contribution in [0.15, 0.2) is 21.1 Å². The summed E-state index contributed by atoms with van der Waals surface area (Å²) in [5.41, 5.74) is 6.07. The van der Waals surface area contributed by atoms with Gasteiger partial charge in [0.25, 0.3) is 0 Å². The Morgan fingerprint density at radius 1 is 1.21 bits per heavy atom. The zero-order valence-electron chi connectivity index (χ0n) is 6.60. The van der Waals surface area contributed by atoms with E-state index in [0.717, 1.165) is 0 Å². The molecule has 3 N–H and O–H groups in total. The van der Waals surface area contributed by atoms with Gasteiger partial charge >= 0.3 is 36.7 Å². The van der Waals surface area contributed by atoms with Crippen LogP contribution in [0.3, 0.4) is 0 Å². The van der Waals surface area contributed by atoms with E-state index in [1.165, 1.54) is 0 Å². The second kappa shape index (κ2) is 9.66. The minimum absolute atomic E-state index is 0. The van der Waals surface area contributed by atoms with Crippen LogP contribution in [-0.2, 0) is 0 Å². The number of aromatic hydroxyl groups is 1. The summed E-state index contributed by atoms with van der Waals surface area (Å²) in [5, 5.41) is 9.18. The third kappa shape index (κ3) is 6.85. The standard InChI is InChI=1S/C6H5Br2NO.3ClH.Sn/c7-4-1-3(9)2-5(8)6(4)10;;;;/h1-2,10H,9H2;3*1H;/q;;;;+2/p-2. The minimum atomic E-state index is -0.826. The van der Waals surface area contributed by atoms with Crippen molar-refractivity contribution < 1.29 is 5.11 Å². The number of phenols is 1. The van der Waals surface area contributed by atoms with E-state index < -0.39 is 18.9 Å². The van der Waals surface area contributed by atoms with Gasteiger partial charge in [0.1, 0.15) is 5.75 Å². The Bertz CT molecular complexity index is 267. The molecule has 1 aromatic rings. The second-order valence-corrected chi connectivity index (χ2v) is 7.85. The molecular weight excluding hydrogens is 487 g/mol. The molecule has 0 aliphatic carbocycles. The number of hydrogen-bond acceptors (Lipinski definition) is 2. The fraction of sp³-hybridized carbons (Fsp3) is 0. The molecular formula is C6H6Br2Cl3NOSn. The van der Waals surface area contributed by atoms with Crippen molar-refractivity contribution in [3.63, 3.8) is 0 Å². The summed E-state index contributed by atoms with van der Waals surface area (Å²) in [6, 6.07) is 3.28. The van der Waals surface area contributed by atoms with Crippen LogP contribution < -0.4 is 5.73 Å². The van der Waals surface area contributed by atoms with Crippen LogP contribution in [-0.4, -0.2) is 24.0 Å². The zero-order chi connectivity index (χ0) is 10.4. The first-order valence-electron chi connectivity index (χ1n) is 2.92. The average Bonchev–Trinajstić information content (AvgIpc) is 2.01. The number of rotatable bonds is 0. The average molecular weight is 493 g/mol. The summed E-state index contributed by atoms with van der Waals surface area (Å²) in [6.45, 7) is 0. The predicted molar refractivity (Wildman–Crippen MR) is 72.6 cm³/mol. The molecule has 0 spiro atoms. The Hall–Kier alpha value is 1.45. The Kier molecular flexibility index (Phi) is 12.3. The van der Waals surface area contributed by atoms with Crippen LogP contribution in [0.5, 0.6) is 5.75 Å². The fourth-order valence-corrected chi connectivity index (χ4v) is 1.81. The number of benzene rings is 1. The topological polar surface area (TPSA) is 46.2 Å². The first-order chi connectivity index (χ1) is 6.02. The van der Waals surface area contributed by atoms with Gasteiger partial charge in [-0.15, -0.1) is 12.4 Å². The van der Waals surface area contributed by atoms with Gasteiger partial charge in [0.05, 0.1) is 8.95 Å². The van der Waals surface area contributed by atoms with Crippen LogP contribution in [0.2, 0.25) is 0 Å². The number of halogens is 5. The molecule has 0 bridgehead atoms. The van der Waals surface area contributed by atoms with Crippen molar-refractivity contribution in [2.75, 3.05) is 5.73 Å². The van der Waals surface area contributed by atoms with E-state index in [0.29, 0.717) is 14.6 Å². The maximum absolute atomic E-state index is 9.18. The summed E-state index contributed by atoms with van der Waals surface area (Å²) < 4.78 is 1.19. The molecule has 0 saturated carbocycles. The number of nitrogens with two attached hydrogens (primary N) is 1. The first-order valence-corrected chi connectivity index (χ1v) is 11.7. The molecule has 0 fully saturated rings. The van der Waals surface area contributed by atoms with Crippen LogP contribution in [0.25, 0.3) is 0 Å². The summed E-state index contributed by atoms with van der Waals surface area (Å²) >= 11 is 5.45. The van der Waals surface area contributed by atoms with E-state index in [1.54, 1.807) is 12.1 Å². The molecule has 1 rings (SSSR count). The van der Waals surface area contributed by atoms with Crippen LogP contribution in [0.4, 0.5) is 5.69 Å². The van der Waals surface area contributed by atoms with E-state index in [4.69, 9.17) is 23.6 Å². The van der Waals surface area contributed by atoms with Crippen LogP contribution in [0, 0.1) is 0 Å². The van der Waals surface area contributed by atoms with E-state index in [-0.39, 0.29) is 18.2 Å². The molecule has 1 aromatic carbocycles. The van der Waals surface area contributed by atoms with Gasteiger partial charge in [0, 0.05) is 5.69 Å². The van der Waals surface area contributed by atoms with E-state index in [2.05, 4.69) is 31.9 Å². The molecule has 0 heterocycles. The number of phenolic OH excluding ortho intramolecular Hbond substituents is 1. The van der Waals surface area contributed by atoms with Crippen LogP contribution >= 0.6 is 62.1 Å². The number of nitrogen functional groups attached to an aromatic ring is 1. The van der Waals surface area contributed by atoms with Gasteiger partial charge in [0.15, 0.2) is 0 Å². The van der Waals surface area contributed by atoms with Crippen molar-refractivity contribution in [3.05, 3.63) is 21.1 Å². The van der Waals surface area contributed by atoms with Gasteiger partial charge in [-0.3, -0.25) is 0 Å². The van der Waals surface area contributed by atoms with Crippen molar-refractivity contribution in [2.24, 2.45) is 0 Å². The Balaban J connectivity index is 0. The molecule has 0 amide bonds. The van der Waals surface area contributed by atoms with Gasteiger partial charge in [-0.2, -0.15) is 0 Å². The molecule has 0 aromatic heterocycles. The van der Waals surface area contributed by atoms with E-state index in [1.807, 2.05) is 0 Å². The van der Waals surface area contributed by atoms with Gasteiger partial charge in [-0.1, -0.05) is 0 Å². The molecule has 0 saturated heterocycles. The third-order valence-electron chi connectivity index (χ3n) is 1.04. The maximum atomic E-state index is 9.18. The van der Waals surface area contributed by atoms with Crippen molar-refractivity contribution in [3.8, 4) is 5.75 Å². The van der Waals surface area contributed by atoms with Crippen molar-refractivity contribution in [2.45, 2.75) is 0 Å². The Morgan fingerprint density at radius 3 is 1.79 bits per heavy atom. The number of hydrogen-bond donors (Lipinski definition) is 2. The van der Waals surface area contributed by atoms with Crippen molar-refractivity contribution >= 4 is 86.7 Å². The molecule has 80 valence electrons. The summed E-state index contributed by atoms with van der Waals surface area (Å²) in [7, 11) is 9.87. The van der Waals surface area contributed by atoms with Gasteiger partial charge in [-0.25, -0.2) is 0 Å². The Labute approximate surface area is 123 Å². The molecule has 0 atom stereocenters.